The number of nitrogens with two attached hydrogens (primary N) is 1. The SMILES string of the molecule is CN(C)NC1(CN)CCC(c2ccccc2)CC1. The molecule has 0 aliphatic heterocycles. The molecule has 1 fully saturated rings. The van der Waals surface area contributed by atoms with Crippen LogP contribution < -0.4 is 11.2 Å². The third kappa shape index (κ3) is 3.10. The van der Waals surface area contributed by atoms with Crippen molar-refractivity contribution in [1.82, 2.24) is 10.4 Å². The molecule has 3 nitrogen and oxygen atoms in total. The molecule has 3 N–H and O–H groups in total. The van der Waals surface area contributed by atoms with Gasteiger partial charge in [-0.15, -0.1) is 0 Å². The van der Waals surface area contributed by atoms with E-state index in [9.17, 15) is 0 Å². The van der Waals surface area contributed by atoms with Crippen LogP contribution in [0, 0.1) is 0 Å². The fourth-order valence-corrected chi connectivity index (χ4v) is 3.06. The van der Waals surface area contributed by atoms with Crippen molar-refractivity contribution < 1.29 is 0 Å². The Morgan fingerprint density at radius 2 is 1.83 bits per heavy atom. The largest absolute Gasteiger partial charge is 0.329 e. The molecule has 18 heavy (non-hydrogen) atoms. The standard InChI is InChI=1S/C15H25N3/c1-18(2)17-15(12-16)10-8-14(9-11-15)13-6-4-3-5-7-13/h3-7,14,17H,8-12,16H2,1-2H3. The number of rotatable bonds is 4. The Hall–Kier alpha value is -0.900. The number of nitrogens with one attached hydrogen (secondary N) is 1. The number of hydrogen-bond acceptors (Lipinski definition) is 3. The average Bonchev–Trinajstić information content (AvgIpc) is 2.40. The Bertz CT molecular complexity index is 353. The minimum atomic E-state index is 0.106. The first kappa shape index (κ1) is 13.5. The van der Waals surface area contributed by atoms with Crippen molar-refractivity contribution in [2.24, 2.45) is 5.73 Å². The van der Waals surface area contributed by atoms with Gasteiger partial charge in [-0.25, -0.2) is 5.43 Å². The molecule has 1 aromatic rings. The van der Waals surface area contributed by atoms with Crippen molar-refractivity contribution in [3.8, 4) is 0 Å². The van der Waals surface area contributed by atoms with E-state index in [1.807, 2.05) is 19.1 Å². The highest BCUT2D eigenvalue weighted by Gasteiger charge is 2.34. The number of benzene rings is 1. The Balaban J connectivity index is 1.98. The highest BCUT2D eigenvalue weighted by molar-refractivity contribution is 5.20. The van der Waals surface area contributed by atoms with Gasteiger partial charge in [-0.1, -0.05) is 30.3 Å². The molecule has 0 heterocycles. The van der Waals surface area contributed by atoms with Crippen LogP contribution in [0.4, 0.5) is 0 Å². The van der Waals surface area contributed by atoms with E-state index in [2.05, 4.69) is 35.8 Å². The van der Waals surface area contributed by atoms with E-state index in [-0.39, 0.29) is 5.54 Å². The zero-order valence-corrected chi connectivity index (χ0v) is 11.5. The number of hydrogen-bond donors (Lipinski definition) is 2. The van der Waals surface area contributed by atoms with Gasteiger partial charge in [0.25, 0.3) is 0 Å². The third-order valence-corrected chi connectivity index (χ3v) is 4.07. The molecule has 0 atom stereocenters. The summed E-state index contributed by atoms with van der Waals surface area (Å²) in [7, 11) is 4.08. The van der Waals surface area contributed by atoms with Gasteiger partial charge in [0, 0.05) is 26.2 Å². The summed E-state index contributed by atoms with van der Waals surface area (Å²) in [5.74, 6) is 0.704. The lowest BCUT2D eigenvalue weighted by molar-refractivity contribution is 0.116. The topological polar surface area (TPSA) is 41.3 Å². The van der Waals surface area contributed by atoms with Gasteiger partial charge in [-0.3, -0.25) is 5.01 Å². The smallest absolute Gasteiger partial charge is 0.0448 e. The number of nitrogens with zero attached hydrogens (tertiary/aromatic N) is 1. The van der Waals surface area contributed by atoms with E-state index in [0.29, 0.717) is 12.5 Å². The first-order valence-electron chi connectivity index (χ1n) is 6.85. The zero-order chi connectivity index (χ0) is 13.0. The van der Waals surface area contributed by atoms with Crippen molar-refractivity contribution in [3.63, 3.8) is 0 Å². The van der Waals surface area contributed by atoms with Crippen LogP contribution in [0.15, 0.2) is 30.3 Å². The molecule has 0 saturated heterocycles. The summed E-state index contributed by atoms with van der Waals surface area (Å²) in [6, 6.07) is 10.9. The maximum Gasteiger partial charge on any atom is 0.0448 e. The molecule has 1 aliphatic rings. The Morgan fingerprint density at radius 3 is 2.33 bits per heavy atom. The Morgan fingerprint density at radius 1 is 1.22 bits per heavy atom. The van der Waals surface area contributed by atoms with Crippen LogP contribution in [0.2, 0.25) is 0 Å². The monoisotopic (exact) mass is 247 g/mol. The van der Waals surface area contributed by atoms with Gasteiger partial charge in [0.15, 0.2) is 0 Å². The maximum atomic E-state index is 5.98. The summed E-state index contributed by atoms with van der Waals surface area (Å²) < 4.78 is 0. The van der Waals surface area contributed by atoms with Crippen molar-refractivity contribution >= 4 is 0 Å². The summed E-state index contributed by atoms with van der Waals surface area (Å²) >= 11 is 0. The van der Waals surface area contributed by atoms with Crippen molar-refractivity contribution in [2.45, 2.75) is 37.1 Å². The highest BCUT2D eigenvalue weighted by Crippen LogP contribution is 2.37. The second-order valence-corrected chi connectivity index (χ2v) is 5.68. The molecule has 100 valence electrons. The molecule has 0 radical (unpaired) electrons. The zero-order valence-electron chi connectivity index (χ0n) is 11.5. The van der Waals surface area contributed by atoms with E-state index in [1.54, 1.807) is 0 Å². The maximum absolute atomic E-state index is 5.98. The summed E-state index contributed by atoms with van der Waals surface area (Å²) in [6.07, 6.45) is 4.76. The predicted molar refractivity (Wildman–Crippen MR) is 76.3 cm³/mol. The van der Waals surface area contributed by atoms with E-state index >= 15 is 0 Å². The fraction of sp³-hybridized carbons (Fsp3) is 0.600. The molecule has 0 unspecified atom stereocenters. The lowest BCUT2D eigenvalue weighted by Crippen LogP contribution is -2.57. The third-order valence-electron chi connectivity index (χ3n) is 4.07. The van der Waals surface area contributed by atoms with Gasteiger partial charge >= 0.3 is 0 Å². The molecule has 0 amide bonds. The second kappa shape index (κ2) is 5.83. The minimum Gasteiger partial charge on any atom is -0.329 e. The molecule has 0 aromatic heterocycles. The van der Waals surface area contributed by atoms with E-state index < -0.39 is 0 Å². The molecule has 1 aromatic carbocycles. The summed E-state index contributed by atoms with van der Waals surface area (Å²) in [5.41, 5.74) is 11.1. The lowest BCUT2D eigenvalue weighted by Gasteiger charge is -2.42. The van der Waals surface area contributed by atoms with Crippen molar-refractivity contribution in [1.29, 1.82) is 0 Å². The summed E-state index contributed by atoms with van der Waals surface area (Å²) in [6.45, 7) is 0.715. The average molecular weight is 247 g/mol. The van der Waals surface area contributed by atoms with Gasteiger partial charge < -0.3 is 5.73 Å². The second-order valence-electron chi connectivity index (χ2n) is 5.68. The van der Waals surface area contributed by atoms with Crippen LogP contribution in [0.5, 0.6) is 0 Å². The van der Waals surface area contributed by atoms with Crippen LogP contribution in [0.25, 0.3) is 0 Å². The Kier molecular flexibility index (Phi) is 4.38. The molecular weight excluding hydrogens is 222 g/mol. The predicted octanol–water partition coefficient (Wildman–Crippen LogP) is 2.11. The molecule has 0 spiro atoms. The first-order chi connectivity index (χ1) is 8.65. The highest BCUT2D eigenvalue weighted by atomic mass is 15.5. The van der Waals surface area contributed by atoms with Crippen LogP contribution in [0.3, 0.4) is 0 Å². The van der Waals surface area contributed by atoms with Crippen LogP contribution in [-0.4, -0.2) is 31.2 Å². The Labute approximate surface area is 110 Å². The van der Waals surface area contributed by atoms with Crippen LogP contribution >= 0.6 is 0 Å². The van der Waals surface area contributed by atoms with E-state index in [1.165, 1.54) is 18.4 Å². The van der Waals surface area contributed by atoms with Crippen LogP contribution in [0.1, 0.15) is 37.2 Å². The first-order valence-corrected chi connectivity index (χ1v) is 6.85. The van der Waals surface area contributed by atoms with Gasteiger partial charge in [0.2, 0.25) is 0 Å². The summed E-state index contributed by atoms with van der Waals surface area (Å²) in [5, 5.41) is 2.04. The lowest BCUT2D eigenvalue weighted by atomic mass is 9.74. The quantitative estimate of drug-likeness (QED) is 0.801. The normalized spacial score (nSPS) is 28.6. The molecule has 0 bridgehead atoms. The van der Waals surface area contributed by atoms with E-state index in [4.69, 9.17) is 5.73 Å². The molecule has 2 rings (SSSR count). The molecular formula is C15H25N3. The minimum absolute atomic E-state index is 0.106. The van der Waals surface area contributed by atoms with Gasteiger partial charge in [-0.2, -0.15) is 0 Å². The van der Waals surface area contributed by atoms with Gasteiger partial charge in [0.1, 0.15) is 0 Å². The number of hydrazine groups is 1. The van der Waals surface area contributed by atoms with Gasteiger partial charge in [-0.05, 0) is 37.2 Å². The molecule has 1 saturated carbocycles. The summed E-state index contributed by atoms with van der Waals surface area (Å²) in [4.78, 5) is 0. The van der Waals surface area contributed by atoms with Gasteiger partial charge in [0.05, 0.1) is 0 Å². The van der Waals surface area contributed by atoms with Crippen molar-refractivity contribution in [3.05, 3.63) is 35.9 Å². The molecule has 3 heteroatoms. The molecule has 1 aliphatic carbocycles. The van der Waals surface area contributed by atoms with Crippen LogP contribution in [-0.2, 0) is 0 Å². The van der Waals surface area contributed by atoms with Crippen molar-refractivity contribution in [2.75, 3.05) is 20.6 Å². The van der Waals surface area contributed by atoms with E-state index in [0.717, 1.165) is 12.8 Å². The fourth-order valence-electron chi connectivity index (χ4n) is 3.06.